The Morgan fingerprint density at radius 3 is 2.11 bits per heavy atom. The third-order valence-corrected chi connectivity index (χ3v) is 6.05. The Bertz CT molecular complexity index is 1350. The number of ether oxygens (including phenoxy) is 3. The highest BCUT2D eigenvalue weighted by molar-refractivity contribution is 5.99. The van der Waals surface area contributed by atoms with Crippen molar-refractivity contribution in [2.75, 3.05) is 27.3 Å². The van der Waals surface area contributed by atoms with Gasteiger partial charge >= 0.3 is 6.09 Å². The summed E-state index contributed by atoms with van der Waals surface area (Å²) in [5.74, 6) is 0.131. The van der Waals surface area contributed by atoms with Gasteiger partial charge in [-0.2, -0.15) is 0 Å². The van der Waals surface area contributed by atoms with Gasteiger partial charge in [-0.1, -0.05) is 0 Å². The molecule has 1 heterocycles. The molecule has 0 radical (unpaired) electrons. The summed E-state index contributed by atoms with van der Waals surface area (Å²) in [6, 6.07) is 14.2. The molecule has 8 heteroatoms. The fourth-order valence-corrected chi connectivity index (χ4v) is 4.27. The quantitative estimate of drug-likeness (QED) is 0.281. The lowest BCUT2D eigenvalue weighted by atomic mass is 10.00. The van der Waals surface area contributed by atoms with Crippen LogP contribution in [0.25, 0.3) is 22.0 Å². The second-order valence-electron chi connectivity index (χ2n) is 8.23. The molecule has 188 valence electrons. The van der Waals surface area contributed by atoms with E-state index in [2.05, 4.69) is 0 Å². The van der Waals surface area contributed by atoms with Crippen LogP contribution in [0.1, 0.15) is 19.4 Å². The van der Waals surface area contributed by atoms with E-state index >= 15 is 0 Å². The van der Waals surface area contributed by atoms with Crippen molar-refractivity contribution >= 4 is 17.0 Å². The first kappa shape index (κ1) is 25.0. The number of carbonyl (C=O) groups is 1. The summed E-state index contributed by atoms with van der Waals surface area (Å²) in [4.78, 5) is 14.3. The van der Waals surface area contributed by atoms with Gasteiger partial charge in [0, 0.05) is 54.4 Å². The van der Waals surface area contributed by atoms with Crippen molar-refractivity contribution in [3.63, 3.8) is 0 Å². The molecule has 4 aromatic rings. The Hall–Kier alpha value is -4.07. The van der Waals surface area contributed by atoms with Crippen molar-refractivity contribution in [2.45, 2.75) is 20.4 Å². The van der Waals surface area contributed by atoms with Gasteiger partial charge in [0.05, 0.1) is 14.2 Å². The van der Waals surface area contributed by atoms with Crippen LogP contribution in [0.15, 0.2) is 60.8 Å². The van der Waals surface area contributed by atoms with Crippen LogP contribution in [-0.4, -0.2) is 42.9 Å². The Kier molecular flexibility index (Phi) is 7.43. The first-order valence-corrected chi connectivity index (χ1v) is 11.6. The number of amides is 1. The molecule has 1 amide bonds. The first-order valence-electron chi connectivity index (χ1n) is 11.6. The number of fused-ring (bicyclic) bond motifs is 1. The lowest BCUT2D eigenvalue weighted by molar-refractivity contribution is 0.157. The van der Waals surface area contributed by atoms with Gasteiger partial charge in [0.15, 0.2) is 0 Å². The van der Waals surface area contributed by atoms with Crippen LogP contribution in [0.2, 0.25) is 0 Å². The maximum atomic E-state index is 14.2. The summed E-state index contributed by atoms with van der Waals surface area (Å²) < 4.78 is 46.9. The van der Waals surface area contributed by atoms with Crippen molar-refractivity contribution in [1.29, 1.82) is 0 Å². The highest BCUT2D eigenvalue weighted by Crippen LogP contribution is 2.39. The Morgan fingerprint density at radius 2 is 1.53 bits per heavy atom. The summed E-state index contributed by atoms with van der Waals surface area (Å²) in [6.07, 6.45) is 1.35. The van der Waals surface area contributed by atoms with Gasteiger partial charge in [-0.3, -0.25) is 0 Å². The molecular weight excluding hydrogens is 466 g/mol. The monoisotopic (exact) mass is 494 g/mol. The average Bonchev–Trinajstić information content (AvgIpc) is 3.26. The van der Waals surface area contributed by atoms with Crippen LogP contribution in [-0.2, 0) is 6.54 Å². The molecule has 0 aliphatic rings. The van der Waals surface area contributed by atoms with Crippen molar-refractivity contribution in [3.8, 4) is 28.4 Å². The molecule has 0 atom stereocenters. The van der Waals surface area contributed by atoms with Crippen molar-refractivity contribution in [2.24, 2.45) is 0 Å². The molecule has 0 aliphatic carbocycles. The smallest absolute Gasteiger partial charge is 0.415 e. The fraction of sp³-hybridized carbons (Fsp3) is 0.250. The van der Waals surface area contributed by atoms with Gasteiger partial charge in [-0.25, -0.2) is 13.6 Å². The van der Waals surface area contributed by atoms with E-state index in [0.29, 0.717) is 42.1 Å². The molecule has 6 nitrogen and oxygen atoms in total. The molecule has 0 unspecified atom stereocenters. The number of nitrogens with zero attached hydrogens (tertiary/aromatic N) is 2. The number of halogens is 2. The Labute approximate surface area is 208 Å². The molecular formula is C28H28F2N2O4. The molecule has 0 spiro atoms. The van der Waals surface area contributed by atoms with Gasteiger partial charge in [-0.15, -0.1) is 0 Å². The van der Waals surface area contributed by atoms with Crippen molar-refractivity contribution in [3.05, 3.63) is 78.0 Å². The first-order chi connectivity index (χ1) is 17.4. The number of benzene rings is 3. The molecule has 4 rings (SSSR count). The average molecular weight is 495 g/mol. The number of rotatable bonds is 8. The largest absolute Gasteiger partial charge is 0.497 e. The third-order valence-electron chi connectivity index (χ3n) is 6.05. The summed E-state index contributed by atoms with van der Waals surface area (Å²) in [7, 11) is 3.18. The second kappa shape index (κ2) is 10.7. The molecule has 0 aliphatic heterocycles. The number of methoxy groups -OCH3 is 2. The molecule has 1 aromatic heterocycles. The predicted molar refractivity (Wildman–Crippen MR) is 135 cm³/mol. The third kappa shape index (κ3) is 5.12. The van der Waals surface area contributed by atoms with E-state index < -0.39 is 17.7 Å². The molecule has 0 N–H and O–H groups in total. The normalized spacial score (nSPS) is 10.9. The highest BCUT2D eigenvalue weighted by Gasteiger charge is 2.20. The molecule has 0 fully saturated rings. The topological polar surface area (TPSA) is 52.9 Å². The maximum Gasteiger partial charge on any atom is 0.415 e. The minimum absolute atomic E-state index is 0.227. The second-order valence-corrected chi connectivity index (χ2v) is 8.23. The zero-order valence-corrected chi connectivity index (χ0v) is 20.7. The predicted octanol–water partition coefficient (Wildman–Crippen LogP) is 6.49. The van der Waals surface area contributed by atoms with E-state index in [9.17, 15) is 13.6 Å². The van der Waals surface area contributed by atoms with Gasteiger partial charge in [0.25, 0.3) is 0 Å². The van der Waals surface area contributed by atoms with E-state index in [1.54, 1.807) is 26.4 Å². The zero-order valence-electron chi connectivity index (χ0n) is 20.7. The Morgan fingerprint density at radius 1 is 0.889 bits per heavy atom. The molecule has 36 heavy (non-hydrogen) atoms. The van der Waals surface area contributed by atoms with E-state index in [1.807, 2.05) is 48.9 Å². The molecule has 0 saturated heterocycles. The maximum absolute atomic E-state index is 14.2. The van der Waals surface area contributed by atoms with Crippen LogP contribution in [0.5, 0.6) is 17.2 Å². The van der Waals surface area contributed by atoms with Crippen molar-refractivity contribution < 1.29 is 27.8 Å². The van der Waals surface area contributed by atoms with Crippen LogP contribution in [0.3, 0.4) is 0 Å². The minimum atomic E-state index is -0.717. The number of carbonyl (C=O) groups excluding carboxylic acids is 1. The number of hydrogen-bond acceptors (Lipinski definition) is 4. The lowest BCUT2D eigenvalue weighted by Crippen LogP contribution is -2.33. The molecule has 0 saturated carbocycles. The lowest BCUT2D eigenvalue weighted by Gasteiger charge is -2.20. The number of aromatic nitrogens is 1. The van der Waals surface area contributed by atoms with Gasteiger partial charge < -0.3 is 23.7 Å². The summed E-state index contributed by atoms with van der Waals surface area (Å²) in [5, 5.41) is 0.694. The SMILES string of the molecule is CCN(CC)C(=O)Oc1ccc2c(ccn2Cc2cc(OC)cc(OC)c2)c1-c1cc(F)cc(F)c1. The van der Waals surface area contributed by atoms with Gasteiger partial charge in [0.2, 0.25) is 0 Å². The van der Waals surface area contributed by atoms with Crippen LogP contribution in [0.4, 0.5) is 13.6 Å². The summed E-state index contributed by atoms with van der Waals surface area (Å²) >= 11 is 0. The summed E-state index contributed by atoms with van der Waals surface area (Å²) in [5.41, 5.74) is 2.47. The fourth-order valence-electron chi connectivity index (χ4n) is 4.27. The minimum Gasteiger partial charge on any atom is -0.497 e. The zero-order chi connectivity index (χ0) is 25.8. The van der Waals surface area contributed by atoms with Crippen LogP contribution in [0, 0.1) is 11.6 Å². The highest BCUT2D eigenvalue weighted by atomic mass is 19.1. The van der Waals surface area contributed by atoms with E-state index in [-0.39, 0.29) is 11.3 Å². The van der Waals surface area contributed by atoms with E-state index in [1.165, 1.54) is 17.0 Å². The van der Waals surface area contributed by atoms with Gasteiger partial charge in [-0.05, 0) is 67.4 Å². The van der Waals surface area contributed by atoms with Crippen LogP contribution >= 0.6 is 0 Å². The molecule has 0 bridgehead atoms. The van der Waals surface area contributed by atoms with E-state index in [4.69, 9.17) is 14.2 Å². The number of hydrogen-bond donors (Lipinski definition) is 0. The summed E-state index contributed by atoms with van der Waals surface area (Å²) in [6.45, 7) is 5.14. The molecule has 3 aromatic carbocycles. The van der Waals surface area contributed by atoms with Gasteiger partial charge in [0.1, 0.15) is 28.9 Å². The van der Waals surface area contributed by atoms with E-state index in [0.717, 1.165) is 17.1 Å². The van der Waals surface area contributed by atoms with Crippen LogP contribution < -0.4 is 14.2 Å². The van der Waals surface area contributed by atoms with Crippen molar-refractivity contribution in [1.82, 2.24) is 9.47 Å². The standard InChI is InChI=1S/C28H28F2N2O4/c1-5-31(6-2)28(33)36-26-8-7-25-24(27(26)19-13-20(29)15-21(30)14-19)9-10-32(25)17-18-11-22(34-3)16-23(12-18)35-4/h7-16H,5-6,17H2,1-4H3. The Balaban J connectivity index is 1.83.